The molecule has 108 heavy (non-hydrogen) atoms. The molecule has 0 saturated heterocycles. The molecule has 7 fully saturated rings. The van der Waals surface area contributed by atoms with E-state index in [4.69, 9.17) is 24.7 Å². The predicted molar refractivity (Wildman–Crippen MR) is 404 cm³/mol. The number of rotatable bonds is 22. The average Bonchev–Trinajstić information content (AvgIpc) is 1.11. The van der Waals surface area contributed by atoms with Crippen LogP contribution in [-0.2, 0) is 71.6 Å². The van der Waals surface area contributed by atoms with E-state index < -0.39 is 81.5 Å². The zero-order valence-electron chi connectivity index (χ0n) is 68.0. The van der Waals surface area contributed by atoms with Crippen LogP contribution < -0.4 is 0 Å². The van der Waals surface area contributed by atoms with Crippen molar-refractivity contribution in [1.29, 1.82) is 0 Å². The van der Waals surface area contributed by atoms with Gasteiger partial charge in [-0.25, -0.2) is 23.7 Å². The Morgan fingerprint density at radius 1 is 0.630 bits per heavy atom. The van der Waals surface area contributed by atoms with Gasteiger partial charge in [-0.2, -0.15) is 0 Å². The van der Waals surface area contributed by atoms with Crippen molar-refractivity contribution in [3.8, 4) is 23.2 Å². The summed E-state index contributed by atoms with van der Waals surface area (Å²) in [6, 6.07) is 2.81. The highest BCUT2D eigenvalue weighted by Crippen LogP contribution is 2.79. The molecule has 17 atom stereocenters. The lowest BCUT2D eigenvalue weighted by atomic mass is 9.33. The van der Waals surface area contributed by atoms with E-state index in [-0.39, 0.29) is 97.7 Å². The number of fused-ring (bicyclic) bond motifs is 12. The molecule has 9 aliphatic rings. The van der Waals surface area contributed by atoms with Crippen molar-refractivity contribution >= 4 is 35.4 Å². The number of Topliss-reactive ketones (excluding diaryl/α,β-unsaturated/α-hetero) is 2. The summed E-state index contributed by atoms with van der Waals surface area (Å²) in [7, 11) is 3.77. The summed E-state index contributed by atoms with van der Waals surface area (Å²) in [5.41, 5.74) is -0.184. The minimum Gasteiger partial charge on any atom is -0.481 e. The van der Waals surface area contributed by atoms with Gasteiger partial charge in [-0.1, -0.05) is 108 Å². The number of esters is 2. The van der Waals surface area contributed by atoms with E-state index in [0.717, 1.165) is 119 Å². The van der Waals surface area contributed by atoms with Gasteiger partial charge in [-0.15, -0.1) is 20.4 Å². The number of ether oxygens (including phenoxy) is 2. The SMILES string of the molecule is CC[C@H](CC[C@@]1(C)[C@H](C)CC[C@]2(C)[C@@H]1CC[C@@H]1C3=C(C(C)C)C(=O)C[C@]3(Cc3nnc(-c4ccc(F)c(CC(C)(CC(=O)O[C@H]5CC[C@]6(C)[C@H]7CC[C@@H]8C9=C(C(C)C)C(=O)C[C@]9(Cc9nnc(-c%10ncc(F)cn%10)n9C)CC[C@@]8(C)[C@]7(C)CC[C@H]6C5(C)C)C(=O)O)n4)n3C)CC[C@]12C)OC(=O)CC(C)(C)C(=O)O. The molecule has 21 heteroatoms. The average molecular weight is 1490 g/mol. The maximum absolute atomic E-state index is 16.4. The quantitative estimate of drug-likeness (QED) is 0.0693. The summed E-state index contributed by atoms with van der Waals surface area (Å²) >= 11 is 0. The fourth-order valence-electron chi connectivity index (χ4n) is 25.8. The second-order valence-electron chi connectivity index (χ2n) is 39.5. The molecule has 0 radical (unpaired) electrons. The fourth-order valence-corrected chi connectivity index (χ4v) is 25.8. The molecule has 0 aromatic carbocycles. The summed E-state index contributed by atoms with van der Waals surface area (Å²) in [5, 5.41) is 39.5. The number of pyridine rings is 1. The number of hydrogen-bond acceptors (Lipinski definition) is 15. The number of aliphatic carboxylic acids is 2. The molecule has 0 amide bonds. The van der Waals surface area contributed by atoms with Crippen molar-refractivity contribution in [2.75, 3.05) is 0 Å². The van der Waals surface area contributed by atoms with E-state index in [2.05, 4.69) is 110 Å². The first-order valence-electron chi connectivity index (χ1n) is 40.7. The Labute approximate surface area is 638 Å². The third kappa shape index (κ3) is 12.4. The highest BCUT2D eigenvalue weighted by molar-refractivity contribution is 6.01. The third-order valence-electron chi connectivity index (χ3n) is 32.5. The van der Waals surface area contributed by atoms with Gasteiger partial charge in [-0.3, -0.25) is 28.8 Å². The lowest BCUT2D eigenvalue weighted by molar-refractivity contribution is -0.233. The van der Waals surface area contributed by atoms with Crippen molar-refractivity contribution < 1.29 is 57.2 Å². The van der Waals surface area contributed by atoms with Gasteiger partial charge in [0.25, 0.3) is 0 Å². The van der Waals surface area contributed by atoms with Crippen LogP contribution in [0.25, 0.3) is 23.2 Å². The van der Waals surface area contributed by atoms with Crippen LogP contribution in [0.5, 0.6) is 0 Å². The molecule has 0 spiro atoms. The van der Waals surface area contributed by atoms with Crippen LogP contribution in [0, 0.1) is 119 Å². The van der Waals surface area contributed by atoms with Crippen molar-refractivity contribution in [3.63, 3.8) is 0 Å². The largest absolute Gasteiger partial charge is 0.481 e. The van der Waals surface area contributed by atoms with Gasteiger partial charge < -0.3 is 28.8 Å². The summed E-state index contributed by atoms with van der Waals surface area (Å²) in [6.45, 7) is 37.1. The standard InChI is InChI=1S/C87H121F2N9O10/c1-20-52(107-66(101)44-77(7,8)75(103)104)28-31-80(12)50(6)27-33-84(16)61(80)25-21-53-70-68(48(2)3)58(99)40-86(70,37-35-82(53,84)14)42-64-93-95-73(97(64)18)56-24-23-55(89)57(92-56)39-79(11,76(105)106)45-67(102)108-63-30-32-81(13)60(78(63,9)10)29-34-85(17)62(81)26-22-54-71-69(49(4)5)59(100)41-87(71,38-36-83(54,85)15)43-65-94-96-74(98(65)19)72-90-46-51(88)47-91-72/h23-24,46-50,52-54,60-63H,20-22,25-45H2,1-19H3,(H,103,104)(H,105,106)/t50-,52-,53-,54-,60+,61-,62-,63+,79?,80+,81+,82-,83-,84-,85-,86+,87+/m1/s1. The van der Waals surface area contributed by atoms with E-state index in [1.807, 2.05) is 30.2 Å². The van der Waals surface area contributed by atoms with Gasteiger partial charge in [0.1, 0.15) is 35.4 Å². The predicted octanol–water partition coefficient (Wildman–Crippen LogP) is 17.2. The minimum atomic E-state index is -1.80. The van der Waals surface area contributed by atoms with Crippen LogP contribution in [0.15, 0.2) is 46.8 Å². The summed E-state index contributed by atoms with van der Waals surface area (Å²) in [5.74, 6) is 0.0661. The zero-order valence-corrected chi connectivity index (χ0v) is 68.0. The number of hydrogen-bond donors (Lipinski definition) is 2. The second-order valence-corrected chi connectivity index (χ2v) is 39.5. The van der Waals surface area contributed by atoms with E-state index in [1.165, 1.54) is 30.2 Å². The van der Waals surface area contributed by atoms with Crippen LogP contribution >= 0.6 is 0 Å². The van der Waals surface area contributed by atoms with E-state index in [0.29, 0.717) is 85.9 Å². The van der Waals surface area contributed by atoms with Crippen molar-refractivity contribution in [3.05, 3.63) is 75.8 Å². The van der Waals surface area contributed by atoms with E-state index >= 15 is 4.39 Å². The molecule has 4 aromatic heterocycles. The van der Waals surface area contributed by atoms with Crippen LogP contribution in [0.3, 0.4) is 0 Å². The minimum absolute atomic E-state index is 0.0125. The molecule has 9 aliphatic carbocycles. The number of aromatic nitrogens is 9. The maximum atomic E-state index is 16.4. The zero-order chi connectivity index (χ0) is 78.6. The summed E-state index contributed by atoms with van der Waals surface area (Å²) in [4.78, 5) is 95.7. The molecule has 19 nitrogen and oxygen atoms in total. The Morgan fingerprint density at radius 2 is 1.17 bits per heavy atom. The molecule has 4 aromatic rings. The first kappa shape index (κ1) is 79.2. The normalized spacial score (nSPS) is 35.1. The highest BCUT2D eigenvalue weighted by atomic mass is 19.1. The van der Waals surface area contributed by atoms with Crippen LogP contribution in [-0.4, -0.2) is 102 Å². The molecule has 7 saturated carbocycles. The lowest BCUT2D eigenvalue weighted by Gasteiger charge is -2.72. The Bertz CT molecular complexity index is 4350. The van der Waals surface area contributed by atoms with Crippen LogP contribution in [0.4, 0.5) is 8.78 Å². The van der Waals surface area contributed by atoms with Crippen molar-refractivity contribution in [2.45, 2.75) is 284 Å². The van der Waals surface area contributed by atoms with E-state index in [9.17, 15) is 43.4 Å². The Morgan fingerprint density at radius 3 is 1.71 bits per heavy atom. The monoisotopic (exact) mass is 1490 g/mol. The number of carbonyl (C=O) groups is 6. The molecule has 4 heterocycles. The smallest absolute Gasteiger partial charge is 0.310 e. The molecule has 1 unspecified atom stereocenters. The lowest BCUT2D eigenvalue weighted by Crippen LogP contribution is -2.65. The number of ketones is 2. The first-order chi connectivity index (χ1) is 50.4. The number of halogens is 2. The number of carboxylic acid groups (broad SMARTS) is 2. The Hall–Kier alpha value is -6.93. The Kier molecular flexibility index (Phi) is 20.1. The maximum Gasteiger partial charge on any atom is 0.310 e. The third-order valence-corrected chi connectivity index (χ3v) is 32.5. The van der Waals surface area contributed by atoms with Gasteiger partial charge in [0, 0.05) is 62.4 Å². The Balaban J connectivity index is 0.685. The summed E-state index contributed by atoms with van der Waals surface area (Å²) < 4.78 is 46.6. The van der Waals surface area contributed by atoms with Gasteiger partial charge in [0.2, 0.25) is 5.82 Å². The van der Waals surface area contributed by atoms with Crippen molar-refractivity contribution in [1.82, 2.24) is 44.5 Å². The highest BCUT2D eigenvalue weighted by Gasteiger charge is 2.72. The molecular weight excluding hydrogens is 1370 g/mol. The fraction of sp³-hybridized carbons (Fsp3) is 0.736. The number of carbonyl (C=O) groups excluding carboxylic acids is 4. The molecule has 588 valence electrons. The number of carboxylic acids is 2. The van der Waals surface area contributed by atoms with Gasteiger partial charge >= 0.3 is 23.9 Å². The molecule has 13 rings (SSSR count). The van der Waals surface area contributed by atoms with Crippen LogP contribution in [0.2, 0.25) is 0 Å². The number of allylic oxidation sites excluding steroid dienone is 4. The van der Waals surface area contributed by atoms with Crippen LogP contribution in [0.1, 0.15) is 270 Å². The topological polar surface area (TPSA) is 261 Å². The molecule has 2 N–H and O–H groups in total. The second kappa shape index (κ2) is 27.5. The van der Waals surface area contributed by atoms with Gasteiger partial charge in [0.05, 0.1) is 41.8 Å². The molecule has 0 aliphatic heterocycles. The molecular formula is C87H121F2N9O10. The first-order valence-corrected chi connectivity index (χ1v) is 40.7. The number of nitrogens with zero attached hydrogens (tertiary/aromatic N) is 9. The van der Waals surface area contributed by atoms with Crippen molar-refractivity contribution in [2.24, 2.45) is 121 Å². The van der Waals surface area contributed by atoms with Gasteiger partial charge in [-0.05, 0) is 233 Å². The van der Waals surface area contributed by atoms with Gasteiger partial charge in [0.15, 0.2) is 29.0 Å². The van der Waals surface area contributed by atoms with E-state index in [1.54, 1.807) is 13.8 Å². The molecule has 0 bridgehead atoms. The summed E-state index contributed by atoms with van der Waals surface area (Å²) in [6.07, 6.45) is 17.3.